The zero-order valence-corrected chi connectivity index (χ0v) is 20.4. The molecule has 3 amide bonds. The van der Waals surface area contributed by atoms with Crippen LogP contribution < -0.4 is 21.7 Å². The molecule has 0 aromatic rings. The van der Waals surface area contributed by atoms with Gasteiger partial charge in [0.1, 0.15) is 18.1 Å². The van der Waals surface area contributed by atoms with E-state index in [1.807, 2.05) is 13.8 Å². The van der Waals surface area contributed by atoms with Gasteiger partial charge < -0.3 is 31.9 Å². The molecule has 6 atom stereocenters. The third kappa shape index (κ3) is 10.2. The monoisotopic (exact) mass is 472 g/mol. The van der Waals surface area contributed by atoms with Crippen LogP contribution in [0.1, 0.15) is 67.2 Å². The number of carbonyl (C=O) groups is 5. The smallest absolute Gasteiger partial charge is 0.326 e. The van der Waals surface area contributed by atoms with Gasteiger partial charge in [-0.25, -0.2) is 4.79 Å². The molecule has 0 bridgehead atoms. The second kappa shape index (κ2) is 14.5. The van der Waals surface area contributed by atoms with Crippen LogP contribution in [0.5, 0.6) is 0 Å². The molecule has 6 unspecified atom stereocenters. The SMILES string of the molecule is CCC(C)C(N)C(=O)NC(CCC(=O)O)C(=O)NC(C(=O)NC(C(=O)O)C(C)C)C(C)CC. The van der Waals surface area contributed by atoms with E-state index in [1.54, 1.807) is 27.7 Å². The quantitative estimate of drug-likeness (QED) is 0.198. The van der Waals surface area contributed by atoms with Gasteiger partial charge in [0.15, 0.2) is 0 Å². The van der Waals surface area contributed by atoms with E-state index in [0.717, 1.165) is 0 Å². The van der Waals surface area contributed by atoms with Gasteiger partial charge in [-0.05, 0) is 24.2 Å². The molecule has 7 N–H and O–H groups in total. The average molecular weight is 473 g/mol. The number of carboxylic acid groups (broad SMARTS) is 2. The number of aliphatic carboxylic acids is 2. The first-order valence-corrected chi connectivity index (χ1v) is 11.4. The lowest BCUT2D eigenvalue weighted by atomic mass is 9.96. The molecule has 11 heteroatoms. The Morgan fingerprint density at radius 3 is 1.70 bits per heavy atom. The van der Waals surface area contributed by atoms with Crippen LogP contribution in [0.25, 0.3) is 0 Å². The first-order valence-electron chi connectivity index (χ1n) is 11.4. The average Bonchev–Trinajstić information content (AvgIpc) is 2.75. The highest BCUT2D eigenvalue weighted by molar-refractivity contribution is 5.94. The van der Waals surface area contributed by atoms with Gasteiger partial charge in [0.2, 0.25) is 17.7 Å². The third-order valence-electron chi connectivity index (χ3n) is 5.86. The maximum absolute atomic E-state index is 13.0. The highest BCUT2D eigenvalue weighted by Crippen LogP contribution is 2.12. The van der Waals surface area contributed by atoms with Crippen molar-refractivity contribution >= 4 is 29.7 Å². The lowest BCUT2D eigenvalue weighted by molar-refractivity contribution is -0.144. The lowest BCUT2D eigenvalue weighted by Crippen LogP contribution is -2.59. The van der Waals surface area contributed by atoms with E-state index in [-0.39, 0.29) is 30.6 Å². The molecule has 11 nitrogen and oxygen atoms in total. The van der Waals surface area contributed by atoms with E-state index < -0.39 is 53.8 Å². The number of carboxylic acids is 2. The van der Waals surface area contributed by atoms with E-state index in [4.69, 9.17) is 10.8 Å². The normalized spacial score (nSPS) is 16.6. The molecule has 0 aromatic heterocycles. The van der Waals surface area contributed by atoms with Crippen molar-refractivity contribution in [2.75, 3.05) is 0 Å². The van der Waals surface area contributed by atoms with Gasteiger partial charge in [0, 0.05) is 6.42 Å². The number of hydrogen-bond donors (Lipinski definition) is 6. The largest absolute Gasteiger partial charge is 0.481 e. The predicted molar refractivity (Wildman–Crippen MR) is 122 cm³/mol. The summed E-state index contributed by atoms with van der Waals surface area (Å²) in [6.07, 6.45) is 0.560. The zero-order valence-electron chi connectivity index (χ0n) is 20.4. The molecule has 190 valence electrons. The van der Waals surface area contributed by atoms with Crippen molar-refractivity contribution in [3.05, 3.63) is 0 Å². The zero-order chi connectivity index (χ0) is 25.9. The molecular formula is C22H40N4O7. The standard InChI is InChI=1S/C22H40N4O7/c1-7-12(5)16(23)20(30)24-14(9-10-15(27)28)19(29)26-18(13(6)8-2)21(31)25-17(11(3)4)22(32)33/h11-14,16-18H,7-10,23H2,1-6H3,(H,24,30)(H,25,31)(H,26,29)(H,27,28)(H,32,33). The summed E-state index contributed by atoms with van der Waals surface area (Å²) >= 11 is 0. The number of nitrogens with two attached hydrogens (primary N) is 1. The fourth-order valence-corrected chi connectivity index (χ4v) is 3.03. The van der Waals surface area contributed by atoms with E-state index in [2.05, 4.69) is 16.0 Å². The Bertz CT molecular complexity index is 698. The van der Waals surface area contributed by atoms with Crippen LogP contribution in [0.3, 0.4) is 0 Å². The summed E-state index contributed by atoms with van der Waals surface area (Å²) in [7, 11) is 0. The number of nitrogens with one attached hydrogen (secondary N) is 3. The Labute approximate surface area is 195 Å². The molecule has 0 rings (SSSR count). The van der Waals surface area contributed by atoms with Crippen LogP contribution in [0.4, 0.5) is 0 Å². The molecule has 33 heavy (non-hydrogen) atoms. The summed E-state index contributed by atoms with van der Waals surface area (Å²) in [4.78, 5) is 60.9. The number of amides is 3. The fourth-order valence-electron chi connectivity index (χ4n) is 3.03. The van der Waals surface area contributed by atoms with Crippen molar-refractivity contribution in [3.63, 3.8) is 0 Å². The van der Waals surface area contributed by atoms with Crippen molar-refractivity contribution in [1.29, 1.82) is 0 Å². The number of hydrogen-bond acceptors (Lipinski definition) is 6. The van der Waals surface area contributed by atoms with Crippen molar-refractivity contribution in [1.82, 2.24) is 16.0 Å². The van der Waals surface area contributed by atoms with Gasteiger partial charge in [-0.15, -0.1) is 0 Å². The molecule has 0 aliphatic carbocycles. The van der Waals surface area contributed by atoms with Gasteiger partial charge in [-0.3, -0.25) is 19.2 Å². The van der Waals surface area contributed by atoms with Crippen molar-refractivity contribution in [3.8, 4) is 0 Å². The molecule has 0 aliphatic rings. The number of rotatable bonds is 15. The van der Waals surface area contributed by atoms with E-state index in [0.29, 0.717) is 12.8 Å². The Morgan fingerprint density at radius 2 is 1.27 bits per heavy atom. The molecule has 0 radical (unpaired) electrons. The summed E-state index contributed by atoms with van der Waals surface area (Å²) in [5.41, 5.74) is 5.93. The fraction of sp³-hybridized carbons (Fsp3) is 0.773. The highest BCUT2D eigenvalue weighted by Gasteiger charge is 2.34. The van der Waals surface area contributed by atoms with Gasteiger partial charge in [-0.2, -0.15) is 0 Å². The van der Waals surface area contributed by atoms with Gasteiger partial charge >= 0.3 is 11.9 Å². The van der Waals surface area contributed by atoms with Crippen LogP contribution in [-0.2, 0) is 24.0 Å². The van der Waals surface area contributed by atoms with Gasteiger partial charge in [0.25, 0.3) is 0 Å². The predicted octanol–water partition coefficient (Wildman–Crippen LogP) is 0.466. The Hall–Kier alpha value is -2.69. The molecule has 0 fully saturated rings. The van der Waals surface area contributed by atoms with Crippen LogP contribution in [-0.4, -0.2) is 64.0 Å². The van der Waals surface area contributed by atoms with Crippen LogP contribution in [0.15, 0.2) is 0 Å². The Kier molecular flexibility index (Phi) is 13.3. The molecule has 0 saturated heterocycles. The summed E-state index contributed by atoms with van der Waals surface area (Å²) < 4.78 is 0. The molecule has 0 aliphatic heterocycles. The van der Waals surface area contributed by atoms with Crippen molar-refractivity contribution in [2.45, 2.75) is 91.4 Å². The third-order valence-corrected chi connectivity index (χ3v) is 5.86. The van der Waals surface area contributed by atoms with E-state index >= 15 is 0 Å². The first-order chi connectivity index (χ1) is 15.3. The minimum absolute atomic E-state index is 0.157. The van der Waals surface area contributed by atoms with E-state index in [1.165, 1.54) is 0 Å². The second-order valence-electron chi connectivity index (χ2n) is 8.85. The summed E-state index contributed by atoms with van der Waals surface area (Å²) in [5, 5.41) is 25.9. The topological polar surface area (TPSA) is 188 Å². The van der Waals surface area contributed by atoms with E-state index in [9.17, 15) is 29.1 Å². The molecular weight excluding hydrogens is 432 g/mol. The number of carbonyl (C=O) groups excluding carboxylic acids is 3. The van der Waals surface area contributed by atoms with Crippen LogP contribution in [0, 0.1) is 17.8 Å². The van der Waals surface area contributed by atoms with Crippen LogP contribution in [0.2, 0.25) is 0 Å². The maximum Gasteiger partial charge on any atom is 0.326 e. The summed E-state index contributed by atoms with van der Waals surface area (Å²) in [5.74, 6) is -5.24. The van der Waals surface area contributed by atoms with Crippen molar-refractivity contribution < 1.29 is 34.2 Å². The molecule has 0 spiro atoms. The van der Waals surface area contributed by atoms with Gasteiger partial charge in [0.05, 0.1) is 6.04 Å². The Morgan fingerprint density at radius 1 is 0.758 bits per heavy atom. The summed E-state index contributed by atoms with van der Waals surface area (Å²) in [6.45, 7) is 10.5. The lowest BCUT2D eigenvalue weighted by Gasteiger charge is -2.29. The maximum atomic E-state index is 13.0. The van der Waals surface area contributed by atoms with Crippen LogP contribution >= 0.6 is 0 Å². The molecule has 0 saturated carbocycles. The van der Waals surface area contributed by atoms with Gasteiger partial charge in [-0.1, -0.05) is 54.4 Å². The minimum atomic E-state index is -1.22. The first kappa shape index (κ1) is 30.3. The minimum Gasteiger partial charge on any atom is -0.481 e. The second-order valence-corrected chi connectivity index (χ2v) is 8.85. The molecule has 0 heterocycles. The highest BCUT2D eigenvalue weighted by atomic mass is 16.4. The Balaban J connectivity index is 5.65. The van der Waals surface area contributed by atoms with Crippen molar-refractivity contribution in [2.24, 2.45) is 23.5 Å². The summed E-state index contributed by atoms with van der Waals surface area (Å²) in [6, 6.07) is -4.32. The molecule has 0 aromatic carbocycles.